The molecule has 0 aromatic heterocycles. The topological polar surface area (TPSA) is 37.4 Å². The third-order valence-corrected chi connectivity index (χ3v) is 3.57. The molecule has 1 aliphatic heterocycles. The smallest absolute Gasteiger partial charge is 0.239 e. The second-order valence-corrected chi connectivity index (χ2v) is 4.61. The van der Waals surface area contributed by atoms with Gasteiger partial charge >= 0.3 is 0 Å². The summed E-state index contributed by atoms with van der Waals surface area (Å²) in [6, 6.07) is 9.84. The summed E-state index contributed by atoms with van der Waals surface area (Å²) >= 11 is 1.30. The van der Waals surface area contributed by atoms with E-state index >= 15 is 0 Å². The molecule has 0 radical (unpaired) electrons. The zero-order valence-electron chi connectivity index (χ0n) is 8.89. The maximum absolute atomic E-state index is 11.5. The van der Waals surface area contributed by atoms with Crippen molar-refractivity contribution in [2.75, 3.05) is 0 Å². The molecule has 0 aliphatic carbocycles. The van der Waals surface area contributed by atoms with E-state index in [4.69, 9.17) is 0 Å². The summed E-state index contributed by atoms with van der Waals surface area (Å²) < 4.78 is 1.32. The molecule has 4 heteroatoms. The third kappa shape index (κ3) is 2.64. The number of nitrogens with zero attached hydrogens (tertiary/aromatic N) is 1. The molecule has 2 rings (SSSR count). The van der Waals surface area contributed by atoms with E-state index < -0.39 is 0 Å². The summed E-state index contributed by atoms with van der Waals surface area (Å²) in [7, 11) is 0. The Labute approximate surface area is 99.0 Å². The van der Waals surface area contributed by atoms with Crippen LogP contribution < -0.4 is 0 Å². The summed E-state index contributed by atoms with van der Waals surface area (Å²) in [6.07, 6.45) is 1.68. The first kappa shape index (κ1) is 11.2. The van der Waals surface area contributed by atoms with E-state index in [1.165, 1.54) is 16.3 Å². The molecule has 1 aromatic rings. The summed E-state index contributed by atoms with van der Waals surface area (Å²) in [5.74, 6) is 0.549. The second kappa shape index (κ2) is 5.16. The summed E-state index contributed by atoms with van der Waals surface area (Å²) in [4.78, 5) is 23.0. The standard InChI is InChI=1S/C12H13NO2S/c14-11-7-4-8-12(15)13(11)16-9-10-5-2-1-3-6-10/h1-3,5-6H,4,7-9H2. The van der Waals surface area contributed by atoms with Crippen molar-refractivity contribution in [2.24, 2.45) is 0 Å². The van der Waals surface area contributed by atoms with E-state index in [-0.39, 0.29) is 11.8 Å². The Bertz CT molecular complexity index is 375. The number of hydrogen-bond donors (Lipinski definition) is 0. The van der Waals surface area contributed by atoms with Crippen molar-refractivity contribution in [3.8, 4) is 0 Å². The summed E-state index contributed by atoms with van der Waals surface area (Å²) in [6.45, 7) is 0. The van der Waals surface area contributed by atoms with Crippen LogP contribution in [0, 0.1) is 0 Å². The molecule has 1 aromatic carbocycles. The van der Waals surface area contributed by atoms with E-state index in [1.807, 2.05) is 30.3 Å². The summed E-state index contributed by atoms with van der Waals surface area (Å²) in [5.41, 5.74) is 1.12. The fourth-order valence-corrected chi connectivity index (χ4v) is 2.53. The van der Waals surface area contributed by atoms with Crippen LogP contribution in [0.4, 0.5) is 0 Å². The van der Waals surface area contributed by atoms with Gasteiger partial charge in [0.2, 0.25) is 11.8 Å². The number of carbonyl (C=O) groups excluding carboxylic acids is 2. The number of rotatable bonds is 3. The maximum atomic E-state index is 11.5. The quantitative estimate of drug-likeness (QED) is 0.596. The Morgan fingerprint density at radius 2 is 1.69 bits per heavy atom. The fourth-order valence-electron chi connectivity index (χ4n) is 1.59. The SMILES string of the molecule is O=C1CCCC(=O)N1SCc1ccccc1. The highest BCUT2D eigenvalue weighted by molar-refractivity contribution is 7.97. The van der Waals surface area contributed by atoms with Gasteiger partial charge in [-0.25, -0.2) is 4.31 Å². The number of piperidine rings is 1. The molecule has 1 saturated heterocycles. The van der Waals surface area contributed by atoms with Gasteiger partial charge in [-0.2, -0.15) is 0 Å². The molecular formula is C12H13NO2S. The highest BCUT2D eigenvalue weighted by Crippen LogP contribution is 2.23. The highest BCUT2D eigenvalue weighted by Gasteiger charge is 2.26. The molecule has 2 amide bonds. The minimum Gasteiger partial charge on any atom is -0.273 e. The molecule has 1 heterocycles. The number of hydrogen-bond acceptors (Lipinski definition) is 3. The molecule has 0 N–H and O–H groups in total. The molecule has 1 aliphatic rings. The zero-order valence-corrected chi connectivity index (χ0v) is 9.70. The molecule has 0 saturated carbocycles. The largest absolute Gasteiger partial charge is 0.273 e. The molecular weight excluding hydrogens is 222 g/mol. The van der Waals surface area contributed by atoms with Crippen LogP contribution >= 0.6 is 11.9 Å². The van der Waals surface area contributed by atoms with Crippen LogP contribution in [0.5, 0.6) is 0 Å². The van der Waals surface area contributed by atoms with Gasteiger partial charge in [0.25, 0.3) is 0 Å². The zero-order chi connectivity index (χ0) is 11.4. The van der Waals surface area contributed by atoms with Gasteiger partial charge in [-0.3, -0.25) is 9.59 Å². The lowest BCUT2D eigenvalue weighted by Gasteiger charge is -2.23. The Kier molecular flexibility index (Phi) is 3.62. The van der Waals surface area contributed by atoms with E-state index in [1.54, 1.807) is 0 Å². The van der Waals surface area contributed by atoms with Crippen molar-refractivity contribution in [2.45, 2.75) is 25.0 Å². The monoisotopic (exact) mass is 235 g/mol. The predicted molar refractivity (Wildman–Crippen MR) is 63.4 cm³/mol. The average molecular weight is 235 g/mol. The van der Waals surface area contributed by atoms with Gasteiger partial charge < -0.3 is 0 Å². The molecule has 16 heavy (non-hydrogen) atoms. The first-order valence-electron chi connectivity index (χ1n) is 5.30. The van der Waals surface area contributed by atoms with Crippen LogP contribution in [-0.4, -0.2) is 16.1 Å². The van der Waals surface area contributed by atoms with Crippen LogP contribution in [-0.2, 0) is 15.3 Å². The van der Waals surface area contributed by atoms with Gasteiger partial charge in [0.05, 0.1) is 0 Å². The van der Waals surface area contributed by atoms with Crippen molar-refractivity contribution >= 4 is 23.8 Å². The third-order valence-electron chi connectivity index (χ3n) is 2.44. The minimum atomic E-state index is -0.0582. The number of amides is 2. The number of carbonyl (C=O) groups is 2. The lowest BCUT2D eigenvalue weighted by molar-refractivity contribution is -0.140. The normalized spacial score (nSPS) is 16.6. The minimum absolute atomic E-state index is 0.0582. The Balaban J connectivity index is 1.94. The van der Waals surface area contributed by atoms with Crippen molar-refractivity contribution in [1.82, 2.24) is 4.31 Å². The lowest BCUT2D eigenvalue weighted by Crippen LogP contribution is -2.34. The van der Waals surface area contributed by atoms with Crippen LogP contribution in [0.25, 0.3) is 0 Å². The molecule has 0 unspecified atom stereocenters. The van der Waals surface area contributed by atoms with Gasteiger partial charge in [0.15, 0.2) is 0 Å². The lowest BCUT2D eigenvalue weighted by atomic mass is 10.1. The fraction of sp³-hybridized carbons (Fsp3) is 0.333. The van der Waals surface area contributed by atoms with Gasteiger partial charge in [0, 0.05) is 18.6 Å². The highest BCUT2D eigenvalue weighted by atomic mass is 32.2. The van der Waals surface area contributed by atoms with Crippen molar-refractivity contribution in [3.63, 3.8) is 0 Å². The molecule has 84 valence electrons. The molecule has 3 nitrogen and oxygen atoms in total. The van der Waals surface area contributed by atoms with Crippen LogP contribution in [0.3, 0.4) is 0 Å². The molecule has 0 atom stereocenters. The second-order valence-electron chi connectivity index (χ2n) is 3.69. The van der Waals surface area contributed by atoms with Crippen molar-refractivity contribution in [1.29, 1.82) is 0 Å². The van der Waals surface area contributed by atoms with E-state index in [2.05, 4.69) is 0 Å². The van der Waals surface area contributed by atoms with Crippen molar-refractivity contribution in [3.05, 3.63) is 35.9 Å². The van der Waals surface area contributed by atoms with Crippen LogP contribution in [0.2, 0.25) is 0 Å². The first-order valence-corrected chi connectivity index (χ1v) is 6.24. The first-order chi connectivity index (χ1) is 7.77. The van der Waals surface area contributed by atoms with Crippen LogP contribution in [0.1, 0.15) is 24.8 Å². The molecule has 1 fully saturated rings. The Hall–Kier alpha value is -1.29. The summed E-state index contributed by atoms with van der Waals surface area (Å²) in [5, 5.41) is 0. The predicted octanol–water partition coefficient (Wildman–Crippen LogP) is 2.37. The Morgan fingerprint density at radius 1 is 1.06 bits per heavy atom. The van der Waals surface area contributed by atoms with Gasteiger partial charge in [-0.15, -0.1) is 0 Å². The van der Waals surface area contributed by atoms with Crippen molar-refractivity contribution < 1.29 is 9.59 Å². The molecule has 0 spiro atoms. The average Bonchev–Trinajstić information content (AvgIpc) is 2.30. The van der Waals surface area contributed by atoms with Crippen LogP contribution in [0.15, 0.2) is 30.3 Å². The maximum Gasteiger partial charge on any atom is 0.239 e. The van der Waals surface area contributed by atoms with E-state index in [0.717, 1.165) is 5.56 Å². The molecule has 0 bridgehead atoms. The van der Waals surface area contributed by atoms with E-state index in [0.29, 0.717) is 25.0 Å². The number of benzene rings is 1. The van der Waals surface area contributed by atoms with Gasteiger partial charge in [-0.1, -0.05) is 30.3 Å². The Morgan fingerprint density at radius 3 is 2.31 bits per heavy atom. The van der Waals surface area contributed by atoms with E-state index in [9.17, 15) is 9.59 Å². The van der Waals surface area contributed by atoms with Gasteiger partial charge in [0.1, 0.15) is 0 Å². The van der Waals surface area contributed by atoms with Gasteiger partial charge in [-0.05, 0) is 23.9 Å². The number of imide groups is 1.